The highest BCUT2D eigenvalue weighted by atomic mass is 32.1. The number of aryl methyl sites for hydroxylation is 1. The fraction of sp³-hybridized carbons (Fsp3) is 0.733. The molecule has 18 heavy (non-hydrogen) atoms. The van der Waals surface area contributed by atoms with Gasteiger partial charge in [-0.2, -0.15) is 0 Å². The van der Waals surface area contributed by atoms with Crippen molar-refractivity contribution in [2.75, 3.05) is 6.61 Å². The van der Waals surface area contributed by atoms with Crippen molar-refractivity contribution in [3.63, 3.8) is 0 Å². The Morgan fingerprint density at radius 3 is 2.44 bits per heavy atom. The second kappa shape index (κ2) is 6.69. The Hall–Kier alpha value is -0.380. The van der Waals surface area contributed by atoms with Crippen molar-refractivity contribution in [2.45, 2.75) is 64.0 Å². The van der Waals surface area contributed by atoms with Gasteiger partial charge in [0, 0.05) is 15.3 Å². The van der Waals surface area contributed by atoms with Gasteiger partial charge in [-0.25, -0.2) is 0 Å². The molecular formula is C15H25NOS. The molecule has 2 nitrogen and oxygen atoms in total. The van der Waals surface area contributed by atoms with Crippen LogP contribution < -0.4 is 5.73 Å². The van der Waals surface area contributed by atoms with Crippen LogP contribution in [0.1, 0.15) is 55.2 Å². The van der Waals surface area contributed by atoms with Gasteiger partial charge in [-0.1, -0.05) is 32.6 Å². The lowest BCUT2D eigenvalue weighted by Gasteiger charge is -2.27. The number of nitrogens with two attached hydrogens (primary N) is 1. The first-order chi connectivity index (χ1) is 8.72. The normalized spacial score (nSPS) is 19.7. The molecule has 0 radical (unpaired) electrons. The van der Waals surface area contributed by atoms with Crippen molar-refractivity contribution in [1.82, 2.24) is 0 Å². The molecule has 1 aliphatic carbocycles. The van der Waals surface area contributed by atoms with Crippen molar-refractivity contribution in [1.29, 1.82) is 0 Å². The lowest BCUT2D eigenvalue weighted by atomic mass is 9.93. The van der Waals surface area contributed by atoms with E-state index in [1.807, 2.05) is 11.3 Å². The first kappa shape index (κ1) is 14.0. The number of thiophene rings is 1. The summed E-state index contributed by atoms with van der Waals surface area (Å²) >= 11 is 1.86. The minimum absolute atomic E-state index is 0.0681. The molecule has 0 spiro atoms. The lowest BCUT2D eigenvalue weighted by Crippen LogP contribution is -2.43. The summed E-state index contributed by atoms with van der Waals surface area (Å²) in [7, 11) is 0. The van der Waals surface area contributed by atoms with E-state index >= 15 is 0 Å². The fourth-order valence-electron chi connectivity index (χ4n) is 2.62. The maximum atomic E-state index is 6.43. The van der Waals surface area contributed by atoms with Crippen LogP contribution in [0.5, 0.6) is 0 Å². The van der Waals surface area contributed by atoms with Crippen LogP contribution in [-0.2, 0) is 17.8 Å². The molecule has 0 bridgehead atoms. The predicted molar refractivity (Wildman–Crippen MR) is 78.0 cm³/mol. The monoisotopic (exact) mass is 267 g/mol. The highest BCUT2D eigenvalue weighted by Crippen LogP contribution is 2.26. The minimum atomic E-state index is -0.0681. The van der Waals surface area contributed by atoms with Gasteiger partial charge in [0.2, 0.25) is 0 Å². The summed E-state index contributed by atoms with van der Waals surface area (Å²) in [5.74, 6) is 0. The molecule has 1 saturated carbocycles. The van der Waals surface area contributed by atoms with Crippen LogP contribution in [0, 0.1) is 0 Å². The molecule has 102 valence electrons. The van der Waals surface area contributed by atoms with Gasteiger partial charge in [-0.3, -0.25) is 0 Å². The second-order valence-corrected chi connectivity index (χ2v) is 6.74. The van der Waals surface area contributed by atoms with Crippen molar-refractivity contribution < 1.29 is 4.74 Å². The first-order valence-electron chi connectivity index (χ1n) is 7.16. The molecular weight excluding hydrogens is 242 g/mol. The molecule has 0 unspecified atom stereocenters. The van der Waals surface area contributed by atoms with Crippen molar-refractivity contribution in [3.8, 4) is 0 Å². The Morgan fingerprint density at radius 2 is 1.83 bits per heavy atom. The third-order valence-electron chi connectivity index (χ3n) is 3.80. The number of rotatable bonds is 5. The molecule has 1 aliphatic rings. The van der Waals surface area contributed by atoms with E-state index in [1.165, 1.54) is 35.4 Å². The Labute approximate surface area is 115 Å². The second-order valence-electron chi connectivity index (χ2n) is 5.49. The zero-order valence-corrected chi connectivity index (χ0v) is 12.2. The van der Waals surface area contributed by atoms with E-state index in [0.29, 0.717) is 6.61 Å². The molecule has 0 amide bonds. The lowest BCUT2D eigenvalue weighted by molar-refractivity contribution is 0.0682. The average Bonchev–Trinajstić information content (AvgIpc) is 2.71. The number of hydrogen-bond acceptors (Lipinski definition) is 3. The zero-order chi connectivity index (χ0) is 12.8. The van der Waals surface area contributed by atoms with Crippen molar-refractivity contribution in [3.05, 3.63) is 21.9 Å². The zero-order valence-electron chi connectivity index (χ0n) is 11.4. The Kier molecular flexibility index (Phi) is 5.22. The topological polar surface area (TPSA) is 35.2 Å². The SMILES string of the molecule is CCc1ccc(COCC2(N)CCCCCC2)s1. The van der Waals surface area contributed by atoms with E-state index in [2.05, 4.69) is 19.1 Å². The van der Waals surface area contributed by atoms with E-state index in [-0.39, 0.29) is 5.54 Å². The van der Waals surface area contributed by atoms with Crippen LogP contribution in [0.15, 0.2) is 12.1 Å². The Bertz CT molecular complexity index is 353. The van der Waals surface area contributed by atoms with Crippen LogP contribution in [0.2, 0.25) is 0 Å². The third kappa shape index (κ3) is 4.08. The van der Waals surface area contributed by atoms with Crippen LogP contribution >= 0.6 is 11.3 Å². The molecule has 2 N–H and O–H groups in total. The molecule has 2 rings (SSSR count). The van der Waals surface area contributed by atoms with E-state index in [1.54, 1.807) is 0 Å². The fourth-order valence-corrected chi connectivity index (χ4v) is 3.52. The van der Waals surface area contributed by atoms with Crippen molar-refractivity contribution >= 4 is 11.3 Å². The van der Waals surface area contributed by atoms with Gasteiger partial charge in [-0.05, 0) is 31.4 Å². The molecule has 3 heteroatoms. The summed E-state index contributed by atoms with van der Waals surface area (Å²) in [6.07, 6.45) is 8.56. The summed E-state index contributed by atoms with van der Waals surface area (Å²) in [6, 6.07) is 4.38. The predicted octanol–water partition coefficient (Wildman–Crippen LogP) is 3.88. The van der Waals surface area contributed by atoms with Gasteiger partial charge in [0.15, 0.2) is 0 Å². The van der Waals surface area contributed by atoms with Crippen molar-refractivity contribution in [2.24, 2.45) is 5.73 Å². The average molecular weight is 267 g/mol. The Balaban J connectivity index is 1.76. The van der Waals surface area contributed by atoms with Crippen LogP contribution in [-0.4, -0.2) is 12.1 Å². The summed E-state index contributed by atoms with van der Waals surface area (Å²) in [5.41, 5.74) is 6.36. The summed E-state index contributed by atoms with van der Waals surface area (Å²) in [5, 5.41) is 0. The number of hydrogen-bond donors (Lipinski definition) is 1. The molecule has 1 heterocycles. The van der Waals surface area contributed by atoms with Crippen LogP contribution in [0.3, 0.4) is 0 Å². The molecule has 0 atom stereocenters. The largest absolute Gasteiger partial charge is 0.374 e. The molecule has 1 aromatic rings. The highest BCUT2D eigenvalue weighted by molar-refractivity contribution is 7.11. The third-order valence-corrected chi connectivity index (χ3v) is 5.00. The summed E-state index contributed by atoms with van der Waals surface area (Å²) < 4.78 is 5.86. The summed E-state index contributed by atoms with van der Waals surface area (Å²) in [4.78, 5) is 2.76. The number of ether oxygens (including phenoxy) is 1. The van der Waals surface area contributed by atoms with Gasteiger partial charge >= 0.3 is 0 Å². The molecule has 0 aliphatic heterocycles. The molecule has 1 fully saturated rings. The van der Waals surface area contributed by atoms with Gasteiger partial charge in [-0.15, -0.1) is 11.3 Å². The molecule has 0 aromatic carbocycles. The standard InChI is InChI=1S/C15H25NOS/c1-2-13-7-8-14(18-13)11-17-12-15(16)9-5-3-4-6-10-15/h7-8H,2-6,9-12,16H2,1H3. The van der Waals surface area contributed by atoms with E-state index in [9.17, 15) is 0 Å². The molecule has 1 aromatic heterocycles. The maximum absolute atomic E-state index is 6.43. The van der Waals surface area contributed by atoms with Gasteiger partial charge in [0.1, 0.15) is 0 Å². The van der Waals surface area contributed by atoms with E-state index < -0.39 is 0 Å². The first-order valence-corrected chi connectivity index (χ1v) is 7.98. The van der Waals surface area contributed by atoms with E-state index in [0.717, 1.165) is 25.9 Å². The van der Waals surface area contributed by atoms with Gasteiger partial charge in [0.25, 0.3) is 0 Å². The van der Waals surface area contributed by atoms with Crippen LogP contribution in [0.4, 0.5) is 0 Å². The van der Waals surface area contributed by atoms with E-state index in [4.69, 9.17) is 10.5 Å². The van der Waals surface area contributed by atoms with Gasteiger partial charge < -0.3 is 10.5 Å². The van der Waals surface area contributed by atoms with Gasteiger partial charge in [0.05, 0.1) is 13.2 Å². The summed E-state index contributed by atoms with van der Waals surface area (Å²) in [6.45, 7) is 3.63. The highest BCUT2D eigenvalue weighted by Gasteiger charge is 2.26. The smallest absolute Gasteiger partial charge is 0.0810 e. The van der Waals surface area contributed by atoms with Crippen LogP contribution in [0.25, 0.3) is 0 Å². The maximum Gasteiger partial charge on any atom is 0.0810 e. The molecule has 0 saturated heterocycles. The Morgan fingerprint density at radius 1 is 1.17 bits per heavy atom. The quantitative estimate of drug-likeness (QED) is 0.822. The minimum Gasteiger partial charge on any atom is -0.374 e.